The molecule has 1 heterocycles. The Labute approximate surface area is 128 Å². The highest BCUT2D eigenvalue weighted by Crippen LogP contribution is 2.23. The second-order valence-corrected chi connectivity index (χ2v) is 5.88. The topological polar surface area (TPSA) is 55.9 Å². The Morgan fingerprint density at radius 3 is 2.85 bits per heavy atom. The van der Waals surface area contributed by atoms with Crippen LogP contribution in [-0.2, 0) is 6.54 Å². The van der Waals surface area contributed by atoms with Crippen LogP contribution in [0.25, 0.3) is 0 Å². The third-order valence-electron chi connectivity index (χ3n) is 3.18. The number of hydrogen-bond donors (Lipinski definition) is 2. The lowest BCUT2D eigenvalue weighted by Gasteiger charge is -2.20. The van der Waals surface area contributed by atoms with E-state index in [0.717, 1.165) is 28.8 Å². The number of aromatic nitrogens is 2. The number of aryl methyl sites for hydroxylation is 2. The maximum absolute atomic E-state index is 5.94. The van der Waals surface area contributed by atoms with Crippen LogP contribution >= 0.6 is 15.9 Å². The third kappa shape index (κ3) is 3.61. The van der Waals surface area contributed by atoms with Crippen LogP contribution in [0.1, 0.15) is 30.6 Å². The Kier molecular flexibility index (Phi) is 5.20. The lowest BCUT2D eigenvalue weighted by Crippen LogP contribution is -2.23. The van der Waals surface area contributed by atoms with Crippen molar-refractivity contribution >= 4 is 21.6 Å². The molecule has 4 nitrogen and oxygen atoms in total. The molecule has 108 valence electrons. The first kappa shape index (κ1) is 15.1. The van der Waals surface area contributed by atoms with Crippen molar-refractivity contribution in [3.05, 3.63) is 46.5 Å². The zero-order chi connectivity index (χ0) is 14.5. The van der Waals surface area contributed by atoms with E-state index in [-0.39, 0.29) is 6.04 Å². The predicted octanol–water partition coefficient (Wildman–Crippen LogP) is 3.48. The Balaban J connectivity index is 2.21. The van der Waals surface area contributed by atoms with Gasteiger partial charge in [0.2, 0.25) is 0 Å². The molecule has 0 spiro atoms. The van der Waals surface area contributed by atoms with E-state index in [2.05, 4.69) is 62.8 Å². The fourth-order valence-electron chi connectivity index (χ4n) is 2.32. The van der Waals surface area contributed by atoms with Gasteiger partial charge in [0.05, 0.1) is 24.3 Å². The van der Waals surface area contributed by atoms with E-state index in [9.17, 15) is 0 Å². The van der Waals surface area contributed by atoms with Crippen LogP contribution in [0.15, 0.2) is 35.2 Å². The van der Waals surface area contributed by atoms with Gasteiger partial charge in [0.25, 0.3) is 0 Å². The summed E-state index contributed by atoms with van der Waals surface area (Å²) in [6.45, 7) is 5.73. The smallest absolute Gasteiger partial charge is 0.0948 e. The van der Waals surface area contributed by atoms with Gasteiger partial charge in [-0.3, -0.25) is 0 Å². The molecule has 1 aromatic heterocycles. The molecule has 0 fully saturated rings. The molecule has 1 unspecified atom stereocenters. The van der Waals surface area contributed by atoms with Crippen molar-refractivity contribution in [3.8, 4) is 0 Å². The summed E-state index contributed by atoms with van der Waals surface area (Å²) in [4.78, 5) is 4.24. The van der Waals surface area contributed by atoms with Crippen molar-refractivity contribution < 1.29 is 0 Å². The summed E-state index contributed by atoms with van der Waals surface area (Å²) >= 11 is 3.52. The first-order valence-corrected chi connectivity index (χ1v) is 7.67. The minimum atomic E-state index is 0.0674. The molecule has 0 aliphatic carbocycles. The Morgan fingerprint density at radius 2 is 2.20 bits per heavy atom. The summed E-state index contributed by atoms with van der Waals surface area (Å²) in [5.41, 5.74) is 9.34. The molecule has 0 radical (unpaired) electrons. The molecule has 2 rings (SSSR count). The van der Waals surface area contributed by atoms with Gasteiger partial charge in [0.15, 0.2) is 0 Å². The Hall–Kier alpha value is -1.33. The minimum absolute atomic E-state index is 0.0674. The highest BCUT2D eigenvalue weighted by atomic mass is 79.9. The standard InChI is InChI=1S/C15H21BrN4/c1-3-4-20-10-18-9-15(20)14(8-17)19-13-6-11(2)5-12(16)7-13/h5-7,9-10,14,19H,3-4,8,17H2,1-2H3. The minimum Gasteiger partial charge on any atom is -0.375 e. The van der Waals surface area contributed by atoms with E-state index in [1.165, 1.54) is 5.56 Å². The van der Waals surface area contributed by atoms with Crippen molar-refractivity contribution in [2.24, 2.45) is 5.73 Å². The van der Waals surface area contributed by atoms with Crippen molar-refractivity contribution in [2.75, 3.05) is 11.9 Å². The first-order chi connectivity index (χ1) is 9.63. The van der Waals surface area contributed by atoms with Gasteiger partial charge < -0.3 is 15.6 Å². The number of benzene rings is 1. The second-order valence-electron chi connectivity index (χ2n) is 4.96. The predicted molar refractivity (Wildman–Crippen MR) is 86.8 cm³/mol. The monoisotopic (exact) mass is 336 g/mol. The van der Waals surface area contributed by atoms with E-state index in [4.69, 9.17) is 5.73 Å². The number of nitrogens with one attached hydrogen (secondary N) is 1. The molecule has 0 aliphatic rings. The number of rotatable bonds is 6. The zero-order valence-electron chi connectivity index (χ0n) is 11.9. The highest BCUT2D eigenvalue weighted by molar-refractivity contribution is 9.10. The molecule has 0 aliphatic heterocycles. The molecule has 0 saturated carbocycles. The second kappa shape index (κ2) is 6.90. The fourth-order valence-corrected chi connectivity index (χ4v) is 2.93. The maximum atomic E-state index is 5.94. The summed E-state index contributed by atoms with van der Waals surface area (Å²) in [5, 5.41) is 3.50. The summed E-state index contributed by atoms with van der Waals surface area (Å²) in [5.74, 6) is 0. The molecular formula is C15H21BrN4. The normalized spacial score (nSPS) is 12.4. The number of hydrogen-bond acceptors (Lipinski definition) is 3. The van der Waals surface area contributed by atoms with Crippen LogP contribution < -0.4 is 11.1 Å². The van der Waals surface area contributed by atoms with E-state index < -0.39 is 0 Å². The lowest BCUT2D eigenvalue weighted by molar-refractivity contribution is 0.613. The van der Waals surface area contributed by atoms with Crippen molar-refractivity contribution in [1.82, 2.24) is 9.55 Å². The molecule has 0 amide bonds. The molecular weight excluding hydrogens is 316 g/mol. The first-order valence-electron chi connectivity index (χ1n) is 6.88. The highest BCUT2D eigenvalue weighted by Gasteiger charge is 2.14. The van der Waals surface area contributed by atoms with Crippen LogP contribution in [0.2, 0.25) is 0 Å². The van der Waals surface area contributed by atoms with E-state index >= 15 is 0 Å². The van der Waals surface area contributed by atoms with Gasteiger partial charge in [0, 0.05) is 23.2 Å². The Bertz CT molecular complexity index is 545. The molecule has 5 heteroatoms. The number of nitrogens with two attached hydrogens (primary N) is 1. The van der Waals surface area contributed by atoms with Crippen LogP contribution in [0, 0.1) is 6.92 Å². The number of halogens is 1. The van der Waals surface area contributed by atoms with Gasteiger partial charge in [-0.15, -0.1) is 0 Å². The molecule has 0 bridgehead atoms. The maximum Gasteiger partial charge on any atom is 0.0948 e. The quantitative estimate of drug-likeness (QED) is 0.849. The van der Waals surface area contributed by atoms with Gasteiger partial charge in [-0.2, -0.15) is 0 Å². The fraction of sp³-hybridized carbons (Fsp3) is 0.400. The van der Waals surface area contributed by atoms with Gasteiger partial charge in [0.1, 0.15) is 0 Å². The average Bonchev–Trinajstić information content (AvgIpc) is 2.83. The van der Waals surface area contributed by atoms with E-state index in [1.807, 2.05) is 12.5 Å². The summed E-state index contributed by atoms with van der Waals surface area (Å²) in [6.07, 6.45) is 4.84. The molecule has 20 heavy (non-hydrogen) atoms. The Morgan fingerprint density at radius 1 is 1.40 bits per heavy atom. The largest absolute Gasteiger partial charge is 0.375 e. The van der Waals surface area contributed by atoms with Crippen LogP contribution in [0.4, 0.5) is 5.69 Å². The number of imidazole rings is 1. The molecule has 2 aromatic rings. The van der Waals surface area contributed by atoms with Crippen molar-refractivity contribution in [3.63, 3.8) is 0 Å². The van der Waals surface area contributed by atoms with Gasteiger partial charge in [-0.05, 0) is 37.1 Å². The zero-order valence-corrected chi connectivity index (χ0v) is 13.5. The average molecular weight is 337 g/mol. The van der Waals surface area contributed by atoms with Crippen molar-refractivity contribution in [2.45, 2.75) is 32.9 Å². The summed E-state index contributed by atoms with van der Waals surface area (Å²) < 4.78 is 3.23. The van der Waals surface area contributed by atoms with Crippen LogP contribution in [-0.4, -0.2) is 16.1 Å². The number of anilines is 1. The van der Waals surface area contributed by atoms with Crippen LogP contribution in [0.5, 0.6) is 0 Å². The van der Waals surface area contributed by atoms with E-state index in [1.54, 1.807) is 0 Å². The van der Waals surface area contributed by atoms with Crippen molar-refractivity contribution in [1.29, 1.82) is 0 Å². The van der Waals surface area contributed by atoms with Gasteiger partial charge in [-0.25, -0.2) is 4.98 Å². The molecule has 3 N–H and O–H groups in total. The lowest BCUT2D eigenvalue weighted by atomic mass is 10.1. The van der Waals surface area contributed by atoms with Gasteiger partial charge >= 0.3 is 0 Å². The molecule has 0 saturated heterocycles. The number of nitrogens with zero attached hydrogens (tertiary/aromatic N) is 2. The van der Waals surface area contributed by atoms with Gasteiger partial charge in [-0.1, -0.05) is 22.9 Å². The van der Waals surface area contributed by atoms with Crippen LogP contribution in [0.3, 0.4) is 0 Å². The van der Waals surface area contributed by atoms with E-state index in [0.29, 0.717) is 6.54 Å². The molecule has 1 aromatic carbocycles. The third-order valence-corrected chi connectivity index (χ3v) is 3.64. The summed E-state index contributed by atoms with van der Waals surface area (Å²) in [7, 11) is 0. The summed E-state index contributed by atoms with van der Waals surface area (Å²) in [6, 6.07) is 6.34. The SMILES string of the molecule is CCCn1cncc1C(CN)Nc1cc(C)cc(Br)c1. The molecule has 1 atom stereocenters.